The molecule has 3 aliphatic rings. The Morgan fingerprint density at radius 2 is 1.28 bits per heavy atom. The highest BCUT2D eigenvalue weighted by molar-refractivity contribution is 5.68. The van der Waals surface area contributed by atoms with Gasteiger partial charge in [-0.2, -0.15) is 0 Å². The van der Waals surface area contributed by atoms with Gasteiger partial charge in [0.05, 0.1) is 74.0 Å². The van der Waals surface area contributed by atoms with Gasteiger partial charge in [0.15, 0.2) is 23.0 Å². The van der Waals surface area contributed by atoms with E-state index in [0.29, 0.717) is 54.1 Å². The molecule has 1 N–H and O–H groups in total. The molecule has 6 rings (SSSR count). The molecule has 0 aromatic heterocycles. The minimum Gasteiger partial charge on any atom is -0.496 e. The monoisotopic (exact) mass is 634 g/mol. The summed E-state index contributed by atoms with van der Waals surface area (Å²) in [5.74, 6) is 3.86. The minimum atomic E-state index is -0.948. The van der Waals surface area contributed by atoms with E-state index in [1.165, 1.54) is 0 Å². The third kappa shape index (κ3) is 4.76. The van der Waals surface area contributed by atoms with Crippen molar-refractivity contribution in [2.75, 3.05) is 62.9 Å². The van der Waals surface area contributed by atoms with Crippen molar-refractivity contribution in [3.63, 3.8) is 0 Å². The molecular weight excluding hydrogens is 588 g/mol. The zero-order valence-corrected chi connectivity index (χ0v) is 28.3. The third-order valence-electron chi connectivity index (χ3n) is 10.2. The number of fused-ring (bicyclic) bond motifs is 7. The summed E-state index contributed by atoms with van der Waals surface area (Å²) in [4.78, 5) is 4.77. The molecule has 0 saturated carbocycles. The Labute approximate surface area is 271 Å². The van der Waals surface area contributed by atoms with Crippen molar-refractivity contribution in [3.8, 4) is 34.5 Å². The van der Waals surface area contributed by atoms with E-state index in [0.717, 1.165) is 45.6 Å². The van der Waals surface area contributed by atoms with Gasteiger partial charge in [0.2, 0.25) is 0 Å². The second kappa shape index (κ2) is 12.8. The van der Waals surface area contributed by atoms with Gasteiger partial charge in [0.1, 0.15) is 17.6 Å². The average molecular weight is 635 g/mol. The van der Waals surface area contributed by atoms with Crippen LogP contribution in [0.15, 0.2) is 30.3 Å². The lowest BCUT2D eigenvalue weighted by Crippen LogP contribution is -2.65. The number of rotatable bonds is 10. The van der Waals surface area contributed by atoms with Gasteiger partial charge in [-0.1, -0.05) is 30.3 Å². The predicted octanol–water partition coefficient (Wildman–Crippen LogP) is 4.94. The second-order valence-corrected chi connectivity index (χ2v) is 12.3. The van der Waals surface area contributed by atoms with Gasteiger partial charge in [-0.05, 0) is 32.9 Å². The van der Waals surface area contributed by atoms with Crippen LogP contribution in [0.2, 0.25) is 0 Å². The van der Waals surface area contributed by atoms with Gasteiger partial charge >= 0.3 is 0 Å². The quantitative estimate of drug-likeness (QED) is 0.331. The van der Waals surface area contributed by atoms with E-state index in [2.05, 4.69) is 29.0 Å². The molecule has 10 heteroatoms. The van der Waals surface area contributed by atoms with Crippen molar-refractivity contribution in [2.24, 2.45) is 0 Å². The fourth-order valence-electron chi connectivity index (χ4n) is 8.33. The number of piperazine rings is 1. The standard InChI is InChI=1S/C36H46N2O8/c1-19-31(40-4)23-15-22-16-38-24(18-46-17-21-13-11-10-12-14-21)26-27(32(41-5)20(2)34(43-7)36(26)45-9)30(39)29(38)28(37(22)3)25(23)35(44-8)33(19)42-6/h10-14,22,24,28-30,39H,15-18H2,1-9H3/t22-,24-,28?,29?,30?/m0/s1. The van der Waals surface area contributed by atoms with Crippen LogP contribution >= 0.6 is 0 Å². The van der Waals surface area contributed by atoms with E-state index in [1.54, 1.807) is 42.7 Å². The summed E-state index contributed by atoms with van der Waals surface area (Å²) < 4.78 is 42.6. The van der Waals surface area contributed by atoms with Crippen molar-refractivity contribution < 1.29 is 38.3 Å². The molecule has 1 saturated heterocycles. The molecular formula is C36H46N2O8. The van der Waals surface area contributed by atoms with Crippen molar-refractivity contribution in [2.45, 2.75) is 57.1 Å². The summed E-state index contributed by atoms with van der Waals surface area (Å²) in [6.07, 6.45) is -0.204. The highest BCUT2D eigenvalue weighted by Gasteiger charge is 2.56. The van der Waals surface area contributed by atoms with Crippen LogP contribution in [0.1, 0.15) is 57.1 Å². The van der Waals surface area contributed by atoms with Crippen LogP contribution in [0.3, 0.4) is 0 Å². The summed E-state index contributed by atoms with van der Waals surface area (Å²) in [7, 11) is 12.1. The number of likely N-dealkylation sites (N-methyl/N-ethyl adjacent to an activating group) is 1. The van der Waals surface area contributed by atoms with E-state index in [-0.39, 0.29) is 18.1 Å². The van der Waals surface area contributed by atoms with Gasteiger partial charge in [-0.15, -0.1) is 0 Å². The summed E-state index contributed by atoms with van der Waals surface area (Å²) in [6.45, 7) is 5.43. The first-order chi connectivity index (χ1) is 22.3. The lowest BCUT2D eigenvalue weighted by molar-refractivity contribution is -0.115. The van der Waals surface area contributed by atoms with Crippen LogP contribution in [0.25, 0.3) is 0 Å². The number of nitrogens with zero attached hydrogens (tertiary/aromatic N) is 2. The van der Waals surface area contributed by atoms with Crippen LogP contribution in [-0.4, -0.2) is 89.8 Å². The number of hydrogen-bond donors (Lipinski definition) is 1. The predicted molar refractivity (Wildman–Crippen MR) is 174 cm³/mol. The number of aliphatic hydroxyl groups excluding tert-OH is 1. The molecule has 46 heavy (non-hydrogen) atoms. The number of methoxy groups -OCH3 is 6. The minimum absolute atomic E-state index is 0.130. The first kappa shape index (κ1) is 32.2. The number of benzene rings is 3. The molecule has 0 aliphatic carbocycles. The average Bonchev–Trinajstić information content (AvgIpc) is 3.06. The Morgan fingerprint density at radius 3 is 1.87 bits per heavy atom. The first-order valence-electron chi connectivity index (χ1n) is 15.7. The maximum absolute atomic E-state index is 12.6. The van der Waals surface area contributed by atoms with Gasteiger partial charge in [0, 0.05) is 46.0 Å². The Morgan fingerprint density at radius 1 is 0.717 bits per heavy atom. The molecule has 248 valence electrons. The van der Waals surface area contributed by atoms with E-state index in [1.807, 2.05) is 32.0 Å². The molecule has 3 unspecified atom stereocenters. The zero-order valence-electron chi connectivity index (χ0n) is 28.3. The van der Waals surface area contributed by atoms with Crippen LogP contribution in [0, 0.1) is 13.8 Å². The fraction of sp³-hybridized carbons (Fsp3) is 0.500. The molecule has 2 bridgehead atoms. The Hall–Kier alpha value is -3.70. The number of aliphatic hydroxyl groups is 1. The lowest BCUT2D eigenvalue weighted by Gasteiger charge is -2.59. The Bertz CT molecular complexity index is 1600. The zero-order chi connectivity index (χ0) is 32.9. The normalized spacial score (nSPS) is 23.6. The topological polar surface area (TPSA) is 91.3 Å². The molecule has 10 nitrogen and oxygen atoms in total. The van der Waals surface area contributed by atoms with Gasteiger partial charge in [-0.25, -0.2) is 0 Å². The van der Waals surface area contributed by atoms with Crippen molar-refractivity contribution in [1.29, 1.82) is 0 Å². The van der Waals surface area contributed by atoms with E-state index < -0.39 is 12.1 Å². The highest BCUT2D eigenvalue weighted by Crippen LogP contribution is 2.60. The van der Waals surface area contributed by atoms with Gasteiger partial charge in [0.25, 0.3) is 0 Å². The molecule has 0 radical (unpaired) electrons. The molecule has 5 atom stereocenters. The van der Waals surface area contributed by atoms with Crippen LogP contribution in [0.4, 0.5) is 0 Å². The van der Waals surface area contributed by atoms with Crippen LogP contribution in [0.5, 0.6) is 34.5 Å². The SMILES string of the molecule is COc1c(C)c(OC)c(OC)c2c1C[C@H]1CN3C(C(O)c4c(OC)c(C)c(OC)c(OC)c4[C@@H]3COCc3ccccc3)C2N1C. The Kier molecular flexibility index (Phi) is 9.00. The number of ether oxygens (including phenoxy) is 7. The molecule has 3 aromatic rings. The maximum Gasteiger partial charge on any atom is 0.167 e. The molecule has 1 fully saturated rings. The third-order valence-corrected chi connectivity index (χ3v) is 10.2. The highest BCUT2D eigenvalue weighted by atomic mass is 16.5. The molecule has 0 amide bonds. The summed E-state index contributed by atoms with van der Waals surface area (Å²) >= 11 is 0. The summed E-state index contributed by atoms with van der Waals surface area (Å²) in [6, 6.07) is 9.34. The Balaban J connectivity index is 1.58. The van der Waals surface area contributed by atoms with E-state index in [9.17, 15) is 5.11 Å². The molecule has 3 heterocycles. The van der Waals surface area contributed by atoms with Crippen molar-refractivity contribution in [3.05, 3.63) is 69.3 Å². The van der Waals surface area contributed by atoms with Crippen LogP contribution in [-0.2, 0) is 17.8 Å². The summed E-state index contributed by atoms with van der Waals surface area (Å²) in [5.41, 5.74) is 6.33. The fourth-order valence-corrected chi connectivity index (χ4v) is 8.33. The molecule has 3 aliphatic heterocycles. The smallest absolute Gasteiger partial charge is 0.167 e. The van der Waals surface area contributed by atoms with Crippen molar-refractivity contribution >= 4 is 0 Å². The summed E-state index contributed by atoms with van der Waals surface area (Å²) in [5, 5.41) is 12.6. The first-order valence-corrected chi connectivity index (χ1v) is 15.7. The largest absolute Gasteiger partial charge is 0.496 e. The van der Waals surface area contributed by atoms with Gasteiger partial charge in [-0.3, -0.25) is 9.80 Å². The molecule has 3 aromatic carbocycles. The van der Waals surface area contributed by atoms with Crippen molar-refractivity contribution in [1.82, 2.24) is 9.80 Å². The van der Waals surface area contributed by atoms with Gasteiger partial charge < -0.3 is 38.3 Å². The van der Waals surface area contributed by atoms with E-state index in [4.69, 9.17) is 33.2 Å². The van der Waals surface area contributed by atoms with Crippen LogP contribution < -0.4 is 28.4 Å². The lowest BCUT2D eigenvalue weighted by atomic mass is 9.72. The second-order valence-electron chi connectivity index (χ2n) is 12.3. The maximum atomic E-state index is 12.6. The molecule has 0 spiro atoms. The van der Waals surface area contributed by atoms with E-state index >= 15 is 0 Å². The number of hydrogen-bond acceptors (Lipinski definition) is 10.